The molecule has 4 nitrogen and oxygen atoms in total. The van der Waals surface area contributed by atoms with Crippen LogP contribution in [-0.4, -0.2) is 35.8 Å². The molecule has 1 amide bonds. The van der Waals surface area contributed by atoms with Gasteiger partial charge < -0.3 is 14.4 Å². The summed E-state index contributed by atoms with van der Waals surface area (Å²) in [5.41, 5.74) is 0.636. The molecule has 0 N–H and O–H groups in total. The third-order valence-corrected chi connectivity index (χ3v) is 2.99. The maximum Gasteiger partial charge on any atom is 0.410 e. The Labute approximate surface area is 120 Å². The van der Waals surface area contributed by atoms with E-state index in [-0.39, 0.29) is 6.09 Å². The van der Waals surface area contributed by atoms with Crippen LogP contribution < -0.4 is 0 Å². The lowest BCUT2D eigenvalue weighted by atomic mass is 10.2. The van der Waals surface area contributed by atoms with Crippen LogP contribution in [0.5, 0.6) is 0 Å². The van der Waals surface area contributed by atoms with Crippen molar-refractivity contribution >= 4 is 6.09 Å². The summed E-state index contributed by atoms with van der Waals surface area (Å²) in [5.74, 6) is 0. The van der Waals surface area contributed by atoms with E-state index in [2.05, 4.69) is 0 Å². The van der Waals surface area contributed by atoms with Crippen molar-refractivity contribution in [3.8, 4) is 0 Å². The highest BCUT2D eigenvalue weighted by Crippen LogP contribution is 2.17. The molecule has 2 rings (SSSR count). The lowest BCUT2D eigenvalue weighted by Gasteiger charge is -2.27. The highest BCUT2D eigenvalue weighted by atomic mass is 16.6. The zero-order valence-electron chi connectivity index (χ0n) is 12.5. The van der Waals surface area contributed by atoms with E-state index in [0.717, 1.165) is 18.6 Å². The van der Waals surface area contributed by atoms with Gasteiger partial charge >= 0.3 is 6.09 Å². The summed E-state index contributed by atoms with van der Waals surface area (Å²) >= 11 is 0. The fourth-order valence-corrected chi connectivity index (χ4v) is 1.90. The lowest BCUT2D eigenvalue weighted by molar-refractivity contribution is 0.0228. The van der Waals surface area contributed by atoms with E-state index >= 15 is 0 Å². The zero-order chi connectivity index (χ0) is 14.6. The topological polar surface area (TPSA) is 42.1 Å². The average Bonchev–Trinajstić information content (AvgIpc) is 3.17. The number of hydrogen-bond donors (Lipinski definition) is 0. The molecule has 0 bridgehead atoms. The maximum atomic E-state index is 12.3. The SMILES string of the molecule is CC(C)(C)OC(=O)N(CCC1CO1)Cc1ccccc1. The number of epoxide rings is 1. The van der Waals surface area contributed by atoms with Gasteiger partial charge in [0, 0.05) is 13.1 Å². The number of rotatable bonds is 5. The first kappa shape index (κ1) is 14.9. The van der Waals surface area contributed by atoms with Crippen LogP contribution in [0.25, 0.3) is 0 Å². The van der Waals surface area contributed by atoms with Gasteiger partial charge in [0.15, 0.2) is 0 Å². The van der Waals surface area contributed by atoms with Crippen LogP contribution in [0.4, 0.5) is 4.79 Å². The van der Waals surface area contributed by atoms with Crippen molar-refractivity contribution in [2.24, 2.45) is 0 Å². The minimum atomic E-state index is -0.470. The molecule has 0 saturated carbocycles. The van der Waals surface area contributed by atoms with Crippen molar-refractivity contribution in [2.75, 3.05) is 13.2 Å². The number of hydrogen-bond acceptors (Lipinski definition) is 3. The summed E-state index contributed by atoms with van der Waals surface area (Å²) in [7, 11) is 0. The van der Waals surface area contributed by atoms with Crippen LogP contribution >= 0.6 is 0 Å². The predicted molar refractivity (Wildman–Crippen MR) is 77.4 cm³/mol. The van der Waals surface area contributed by atoms with Crippen molar-refractivity contribution in [1.82, 2.24) is 4.90 Å². The minimum absolute atomic E-state index is 0.262. The molecule has 0 radical (unpaired) electrons. The van der Waals surface area contributed by atoms with Gasteiger partial charge in [-0.15, -0.1) is 0 Å². The van der Waals surface area contributed by atoms with E-state index < -0.39 is 5.60 Å². The number of carbonyl (C=O) groups excluding carboxylic acids is 1. The molecule has 1 heterocycles. The molecule has 1 atom stereocenters. The Morgan fingerprint density at radius 1 is 1.35 bits per heavy atom. The molecular formula is C16H23NO3. The van der Waals surface area contributed by atoms with E-state index in [9.17, 15) is 4.79 Å². The van der Waals surface area contributed by atoms with Crippen molar-refractivity contribution < 1.29 is 14.3 Å². The Bertz CT molecular complexity index is 435. The molecule has 0 spiro atoms. The fraction of sp³-hybridized carbons (Fsp3) is 0.562. The Balaban J connectivity index is 1.97. The van der Waals surface area contributed by atoms with Gasteiger partial charge in [-0.05, 0) is 32.8 Å². The van der Waals surface area contributed by atoms with Crippen molar-refractivity contribution in [2.45, 2.75) is 45.4 Å². The van der Waals surface area contributed by atoms with Gasteiger partial charge in [-0.3, -0.25) is 0 Å². The van der Waals surface area contributed by atoms with Crippen LogP contribution in [0.1, 0.15) is 32.8 Å². The third-order valence-electron chi connectivity index (χ3n) is 2.99. The normalized spacial score (nSPS) is 17.6. The second-order valence-electron chi connectivity index (χ2n) is 6.13. The molecule has 0 aromatic heterocycles. The van der Waals surface area contributed by atoms with E-state index in [0.29, 0.717) is 19.2 Å². The van der Waals surface area contributed by atoms with Gasteiger partial charge in [-0.2, -0.15) is 0 Å². The first-order chi connectivity index (χ1) is 9.44. The Morgan fingerprint density at radius 2 is 2.00 bits per heavy atom. The molecular weight excluding hydrogens is 254 g/mol. The summed E-state index contributed by atoms with van der Waals surface area (Å²) in [4.78, 5) is 14.0. The monoisotopic (exact) mass is 277 g/mol. The number of carbonyl (C=O) groups is 1. The molecule has 1 aliphatic rings. The minimum Gasteiger partial charge on any atom is -0.444 e. The fourth-order valence-electron chi connectivity index (χ4n) is 1.90. The Morgan fingerprint density at radius 3 is 2.55 bits per heavy atom. The molecule has 1 aromatic carbocycles. The van der Waals surface area contributed by atoms with Crippen molar-refractivity contribution in [3.05, 3.63) is 35.9 Å². The molecule has 4 heteroatoms. The predicted octanol–water partition coefficient (Wildman–Crippen LogP) is 3.21. The van der Waals surface area contributed by atoms with Gasteiger partial charge in [-0.1, -0.05) is 30.3 Å². The molecule has 1 unspecified atom stereocenters. The summed E-state index contributed by atoms with van der Waals surface area (Å²) in [6.45, 7) is 7.70. The van der Waals surface area contributed by atoms with Gasteiger partial charge in [-0.25, -0.2) is 4.79 Å². The largest absolute Gasteiger partial charge is 0.444 e. The Hall–Kier alpha value is -1.55. The van der Waals surface area contributed by atoms with E-state index in [1.165, 1.54) is 0 Å². The Kier molecular flexibility index (Phi) is 4.65. The van der Waals surface area contributed by atoms with E-state index in [1.54, 1.807) is 4.90 Å². The van der Waals surface area contributed by atoms with E-state index in [1.807, 2.05) is 51.1 Å². The van der Waals surface area contributed by atoms with Crippen molar-refractivity contribution in [1.29, 1.82) is 0 Å². The summed E-state index contributed by atoms with van der Waals surface area (Å²) in [6.07, 6.45) is 0.921. The van der Waals surface area contributed by atoms with Crippen LogP contribution in [0.15, 0.2) is 30.3 Å². The highest BCUT2D eigenvalue weighted by molar-refractivity contribution is 5.68. The second-order valence-corrected chi connectivity index (χ2v) is 6.13. The molecule has 1 aromatic rings. The van der Waals surface area contributed by atoms with Crippen LogP contribution in [0, 0.1) is 0 Å². The average molecular weight is 277 g/mol. The maximum absolute atomic E-state index is 12.3. The van der Waals surface area contributed by atoms with Crippen LogP contribution in [-0.2, 0) is 16.0 Å². The van der Waals surface area contributed by atoms with Crippen LogP contribution in [0.3, 0.4) is 0 Å². The number of amides is 1. The van der Waals surface area contributed by atoms with Crippen molar-refractivity contribution in [3.63, 3.8) is 0 Å². The first-order valence-corrected chi connectivity index (χ1v) is 7.07. The number of benzene rings is 1. The smallest absolute Gasteiger partial charge is 0.410 e. The summed E-state index contributed by atoms with van der Waals surface area (Å²) in [6, 6.07) is 9.97. The van der Waals surface area contributed by atoms with Crippen LogP contribution in [0.2, 0.25) is 0 Å². The summed E-state index contributed by atoms with van der Waals surface area (Å²) < 4.78 is 10.7. The molecule has 1 aliphatic heterocycles. The van der Waals surface area contributed by atoms with Gasteiger partial charge in [0.1, 0.15) is 5.60 Å². The molecule has 1 saturated heterocycles. The van der Waals surface area contributed by atoms with Gasteiger partial charge in [0.05, 0.1) is 12.7 Å². The van der Waals surface area contributed by atoms with E-state index in [4.69, 9.17) is 9.47 Å². The molecule has 1 fully saturated rings. The number of ether oxygens (including phenoxy) is 2. The number of nitrogens with zero attached hydrogens (tertiary/aromatic N) is 1. The first-order valence-electron chi connectivity index (χ1n) is 7.07. The lowest BCUT2D eigenvalue weighted by Crippen LogP contribution is -2.37. The highest BCUT2D eigenvalue weighted by Gasteiger charge is 2.27. The van der Waals surface area contributed by atoms with Gasteiger partial charge in [0.2, 0.25) is 0 Å². The quantitative estimate of drug-likeness (QED) is 0.776. The summed E-state index contributed by atoms with van der Waals surface area (Å²) in [5, 5.41) is 0. The molecule has 20 heavy (non-hydrogen) atoms. The van der Waals surface area contributed by atoms with Gasteiger partial charge in [0.25, 0.3) is 0 Å². The third kappa shape index (κ3) is 5.21. The second kappa shape index (κ2) is 6.27. The molecule has 110 valence electrons. The zero-order valence-corrected chi connectivity index (χ0v) is 12.5. The standard InChI is InChI=1S/C16H23NO3/c1-16(2,3)20-15(18)17(10-9-14-12-19-14)11-13-7-5-4-6-8-13/h4-8,14H,9-12H2,1-3H3. The molecule has 0 aliphatic carbocycles.